The summed E-state index contributed by atoms with van der Waals surface area (Å²) < 4.78 is 69.1. The predicted molar refractivity (Wildman–Crippen MR) is 95.9 cm³/mol. The van der Waals surface area contributed by atoms with Crippen LogP contribution in [-0.4, -0.2) is 26.5 Å². The summed E-state index contributed by atoms with van der Waals surface area (Å²) in [4.78, 5) is 14.9. The van der Waals surface area contributed by atoms with Gasteiger partial charge in [-0.05, 0) is 36.8 Å². The lowest BCUT2D eigenvalue weighted by Gasteiger charge is -2.16. The van der Waals surface area contributed by atoms with Gasteiger partial charge in [0.25, 0.3) is 5.91 Å². The van der Waals surface area contributed by atoms with E-state index >= 15 is 0 Å². The van der Waals surface area contributed by atoms with Crippen LogP contribution in [0.4, 0.5) is 13.2 Å². The lowest BCUT2D eigenvalue weighted by Crippen LogP contribution is -2.24. The second-order valence-electron chi connectivity index (χ2n) is 5.82. The van der Waals surface area contributed by atoms with Crippen molar-refractivity contribution in [3.05, 3.63) is 53.1 Å². The van der Waals surface area contributed by atoms with E-state index in [9.17, 15) is 26.4 Å². The van der Waals surface area contributed by atoms with Gasteiger partial charge in [0.05, 0.1) is 5.56 Å². The van der Waals surface area contributed by atoms with Crippen molar-refractivity contribution in [1.29, 1.82) is 0 Å². The zero-order valence-corrected chi connectivity index (χ0v) is 15.6. The van der Waals surface area contributed by atoms with Crippen molar-refractivity contribution in [3.63, 3.8) is 0 Å². The molecule has 28 heavy (non-hydrogen) atoms. The number of nitrogens with zero attached hydrogens (tertiary/aromatic N) is 1. The van der Waals surface area contributed by atoms with Crippen LogP contribution in [0.5, 0.6) is 11.5 Å². The number of aliphatic imine (C=N–C) groups is 1. The summed E-state index contributed by atoms with van der Waals surface area (Å²) in [6.07, 6.45) is -3.88. The van der Waals surface area contributed by atoms with Crippen LogP contribution in [0, 0.1) is 6.92 Å². The Morgan fingerprint density at radius 3 is 2.25 bits per heavy atom. The number of amides is 1. The Morgan fingerprint density at radius 2 is 1.71 bits per heavy atom. The third kappa shape index (κ3) is 4.80. The van der Waals surface area contributed by atoms with Crippen LogP contribution >= 0.6 is 0 Å². The fraction of sp³-hybridized carbons (Fsp3) is 0.176. The van der Waals surface area contributed by atoms with Gasteiger partial charge in [0.15, 0.2) is 15.8 Å². The molecule has 0 aliphatic carbocycles. The Labute approximate surface area is 158 Å². The van der Waals surface area contributed by atoms with E-state index < -0.39 is 44.1 Å². The maximum Gasteiger partial charge on any atom is 0.419 e. The van der Waals surface area contributed by atoms with Gasteiger partial charge in [-0.2, -0.15) is 18.2 Å². The molecule has 0 aliphatic heterocycles. The monoisotopic (exact) mass is 415 g/mol. The number of benzene rings is 2. The lowest BCUT2D eigenvalue weighted by atomic mass is 10.1. The molecule has 2 aromatic carbocycles. The molecule has 0 fully saturated rings. The summed E-state index contributed by atoms with van der Waals surface area (Å²) in [6.45, 7) is 1.43. The molecular weight excluding hydrogens is 399 g/mol. The van der Waals surface area contributed by atoms with E-state index in [0.717, 1.165) is 30.5 Å². The Hall–Kier alpha value is -3.08. The molecule has 7 nitrogen and oxygen atoms in total. The second kappa shape index (κ2) is 7.50. The first kappa shape index (κ1) is 21.2. The third-order valence-corrected chi connectivity index (χ3v) is 4.68. The zero-order valence-electron chi connectivity index (χ0n) is 14.7. The maximum atomic E-state index is 13.2. The van der Waals surface area contributed by atoms with Crippen molar-refractivity contribution in [2.24, 2.45) is 16.5 Å². The quantitative estimate of drug-likeness (QED) is 0.584. The Morgan fingerprint density at radius 1 is 1.11 bits per heavy atom. The highest BCUT2D eigenvalue weighted by atomic mass is 32.2. The molecule has 0 unspecified atom stereocenters. The van der Waals surface area contributed by atoms with E-state index in [2.05, 4.69) is 4.99 Å². The van der Waals surface area contributed by atoms with Crippen LogP contribution in [0.25, 0.3) is 0 Å². The summed E-state index contributed by atoms with van der Waals surface area (Å²) in [5, 5.41) is 0. The molecule has 0 spiro atoms. The maximum absolute atomic E-state index is 13.2. The van der Waals surface area contributed by atoms with E-state index in [1.165, 1.54) is 19.1 Å². The van der Waals surface area contributed by atoms with Gasteiger partial charge in [0.2, 0.25) is 0 Å². The van der Waals surface area contributed by atoms with E-state index in [1.807, 2.05) is 0 Å². The van der Waals surface area contributed by atoms with Crippen molar-refractivity contribution < 1.29 is 31.1 Å². The highest BCUT2D eigenvalue weighted by molar-refractivity contribution is 7.90. The van der Waals surface area contributed by atoms with Crippen molar-refractivity contribution >= 4 is 21.7 Å². The minimum atomic E-state index is -4.71. The van der Waals surface area contributed by atoms with Gasteiger partial charge in [0, 0.05) is 11.8 Å². The van der Waals surface area contributed by atoms with Crippen molar-refractivity contribution in [3.8, 4) is 11.5 Å². The van der Waals surface area contributed by atoms with Gasteiger partial charge in [-0.25, -0.2) is 8.42 Å². The number of guanidine groups is 1. The van der Waals surface area contributed by atoms with E-state index in [0.29, 0.717) is 0 Å². The molecule has 0 aromatic heterocycles. The number of para-hydroxylation sites is 1. The van der Waals surface area contributed by atoms with Crippen LogP contribution in [0.1, 0.15) is 21.5 Å². The molecule has 1 amide bonds. The highest BCUT2D eigenvalue weighted by Crippen LogP contribution is 2.40. The van der Waals surface area contributed by atoms with E-state index in [1.54, 1.807) is 0 Å². The van der Waals surface area contributed by atoms with Gasteiger partial charge in [-0.1, -0.05) is 12.1 Å². The third-order valence-electron chi connectivity index (χ3n) is 3.56. The summed E-state index contributed by atoms with van der Waals surface area (Å²) in [7, 11) is -3.97. The normalized spacial score (nSPS) is 11.8. The zero-order chi connectivity index (χ0) is 21.3. The number of aryl methyl sites for hydroxylation is 1. The van der Waals surface area contributed by atoms with Gasteiger partial charge in [0.1, 0.15) is 16.4 Å². The molecule has 0 bridgehead atoms. The first-order chi connectivity index (χ1) is 12.8. The van der Waals surface area contributed by atoms with Gasteiger partial charge in [-0.3, -0.25) is 4.79 Å². The number of alkyl halides is 3. The fourth-order valence-corrected chi connectivity index (χ4v) is 3.15. The van der Waals surface area contributed by atoms with Gasteiger partial charge < -0.3 is 16.2 Å². The first-order valence-electron chi connectivity index (χ1n) is 7.63. The number of carbonyl (C=O) groups excluding carboxylic acids is 1. The minimum absolute atomic E-state index is 0.134. The minimum Gasteiger partial charge on any atom is -0.455 e. The molecule has 11 heteroatoms. The summed E-state index contributed by atoms with van der Waals surface area (Å²) >= 11 is 0. The van der Waals surface area contributed by atoms with Crippen LogP contribution in [-0.2, 0) is 16.0 Å². The number of hydrogen-bond acceptors (Lipinski definition) is 4. The Kier molecular flexibility index (Phi) is 5.69. The van der Waals surface area contributed by atoms with Crippen molar-refractivity contribution in [2.45, 2.75) is 18.0 Å². The van der Waals surface area contributed by atoms with E-state index in [4.69, 9.17) is 16.2 Å². The van der Waals surface area contributed by atoms with Gasteiger partial charge >= 0.3 is 6.18 Å². The Bertz CT molecular complexity index is 1060. The molecule has 150 valence electrons. The summed E-state index contributed by atoms with van der Waals surface area (Å²) in [6, 6.07) is 6.45. The topological polar surface area (TPSA) is 125 Å². The fourth-order valence-electron chi connectivity index (χ4n) is 2.35. The number of halogens is 3. The predicted octanol–water partition coefficient (Wildman–Crippen LogP) is 2.62. The van der Waals surface area contributed by atoms with Crippen LogP contribution < -0.4 is 16.2 Å². The average Bonchev–Trinajstić information content (AvgIpc) is 2.52. The molecule has 2 aromatic rings. The molecule has 4 N–H and O–H groups in total. The largest absolute Gasteiger partial charge is 0.455 e. The number of carbonyl (C=O) groups is 1. The molecule has 0 atom stereocenters. The first-order valence-corrected chi connectivity index (χ1v) is 9.52. The highest BCUT2D eigenvalue weighted by Gasteiger charge is 2.34. The molecule has 2 rings (SSSR count). The molecule has 0 saturated heterocycles. The molecular formula is C17H16F3N3O4S. The van der Waals surface area contributed by atoms with E-state index in [-0.39, 0.29) is 16.9 Å². The lowest BCUT2D eigenvalue weighted by molar-refractivity contribution is -0.138. The second-order valence-corrected chi connectivity index (χ2v) is 7.81. The Balaban J connectivity index is 2.65. The number of hydrogen-bond donors (Lipinski definition) is 2. The standard InChI is InChI=1S/C17H16F3N3O4S/c1-9-7-13(27-12-6-4-3-5-11(12)17(18,19)20)14(28(2,25)26)8-10(9)15(24)23-16(21)22/h3-8H,1-2H3,(H4,21,22,23,24). The average molecular weight is 415 g/mol. The van der Waals surface area contributed by atoms with Gasteiger partial charge in [-0.15, -0.1) is 0 Å². The molecule has 0 radical (unpaired) electrons. The number of rotatable bonds is 4. The molecule has 0 saturated carbocycles. The van der Waals surface area contributed by atoms with Crippen LogP contribution in [0.15, 0.2) is 46.3 Å². The smallest absolute Gasteiger partial charge is 0.419 e. The van der Waals surface area contributed by atoms with Crippen LogP contribution in [0.2, 0.25) is 0 Å². The number of sulfone groups is 1. The van der Waals surface area contributed by atoms with Crippen LogP contribution in [0.3, 0.4) is 0 Å². The summed E-state index contributed by atoms with van der Waals surface area (Å²) in [5.41, 5.74) is 9.30. The number of nitrogens with two attached hydrogens (primary N) is 2. The summed E-state index contributed by atoms with van der Waals surface area (Å²) in [5.74, 6) is -2.37. The van der Waals surface area contributed by atoms with Crippen molar-refractivity contribution in [2.75, 3.05) is 6.26 Å². The number of ether oxygens (including phenoxy) is 1. The molecule has 0 aliphatic rings. The molecule has 0 heterocycles. The SMILES string of the molecule is Cc1cc(Oc2ccccc2C(F)(F)F)c(S(C)(=O)=O)cc1C(=O)N=C(N)N. The van der Waals surface area contributed by atoms with Crippen molar-refractivity contribution in [1.82, 2.24) is 0 Å².